The molecule has 1 fully saturated rings. The Kier molecular flexibility index (Phi) is 5.72. The lowest BCUT2D eigenvalue weighted by Crippen LogP contribution is -2.39. The quantitative estimate of drug-likeness (QED) is 0.680. The van der Waals surface area contributed by atoms with Gasteiger partial charge in [0.2, 0.25) is 10.0 Å². The molecule has 1 aromatic carbocycles. The highest BCUT2D eigenvalue weighted by Gasteiger charge is 2.17. The fourth-order valence-corrected chi connectivity index (χ4v) is 3.43. The fourth-order valence-electron chi connectivity index (χ4n) is 2.41. The zero-order valence-electron chi connectivity index (χ0n) is 12.0. The number of piperidine rings is 1. The van der Waals surface area contributed by atoms with Gasteiger partial charge in [0, 0.05) is 19.1 Å². The number of likely N-dealkylation sites (tertiary alicyclic amines) is 1. The lowest BCUT2D eigenvalue weighted by Gasteiger charge is -2.30. The maximum atomic E-state index is 11.9. The number of nitrogens with zero attached hydrogens (tertiary/aromatic N) is 1. The van der Waals surface area contributed by atoms with E-state index in [-0.39, 0.29) is 18.0 Å². The van der Waals surface area contributed by atoms with Gasteiger partial charge in [-0.15, -0.1) is 0 Å². The molecule has 0 spiro atoms. The number of nitrogens with two attached hydrogens (primary N) is 1. The van der Waals surface area contributed by atoms with E-state index in [4.69, 9.17) is 10.8 Å². The Morgan fingerprint density at radius 3 is 2.43 bits per heavy atom. The third kappa shape index (κ3) is 4.76. The average molecular weight is 313 g/mol. The van der Waals surface area contributed by atoms with Crippen LogP contribution in [0, 0.1) is 0 Å². The van der Waals surface area contributed by atoms with Crippen LogP contribution in [0.2, 0.25) is 0 Å². The van der Waals surface area contributed by atoms with Crippen molar-refractivity contribution >= 4 is 10.0 Å². The molecule has 1 heterocycles. The van der Waals surface area contributed by atoms with E-state index in [1.54, 1.807) is 12.1 Å². The van der Waals surface area contributed by atoms with Gasteiger partial charge in [-0.1, -0.05) is 12.1 Å². The van der Waals surface area contributed by atoms with Crippen molar-refractivity contribution in [2.45, 2.75) is 30.3 Å². The summed E-state index contributed by atoms with van der Waals surface area (Å²) < 4.78 is 26.1. The number of aliphatic hydroxyl groups excluding tert-OH is 1. The van der Waals surface area contributed by atoms with E-state index >= 15 is 0 Å². The normalized spacial score (nSPS) is 18.0. The molecule has 6 nitrogen and oxygen atoms in total. The lowest BCUT2D eigenvalue weighted by atomic mass is 10.1. The van der Waals surface area contributed by atoms with Gasteiger partial charge in [-0.25, -0.2) is 13.1 Å². The minimum atomic E-state index is -3.52. The summed E-state index contributed by atoms with van der Waals surface area (Å²) in [5, 5.41) is 8.68. The first-order chi connectivity index (χ1) is 10.0. The molecule has 1 aromatic rings. The molecule has 1 saturated heterocycles. The van der Waals surface area contributed by atoms with Crippen molar-refractivity contribution in [3.63, 3.8) is 0 Å². The van der Waals surface area contributed by atoms with Gasteiger partial charge in [-0.3, -0.25) is 4.90 Å². The number of nitrogens with one attached hydrogen (secondary N) is 1. The highest BCUT2D eigenvalue weighted by atomic mass is 32.2. The van der Waals surface area contributed by atoms with Crippen LogP contribution < -0.4 is 10.5 Å². The van der Waals surface area contributed by atoms with E-state index in [0.717, 1.165) is 38.0 Å². The van der Waals surface area contributed by atoms with Gasteiger partial charge < -0.3 is 10.8 Å². The average Bonchev–Trinajstić information content (AvgIpc) is 2.48. The van der Waals surface area contributed by atoms with Crippen LogP contribution >= 0.6 is 0 Å². The number of hydrogen-bond acceptors (Lipinski definition) is 5. The van der Waals surface area contributed by atoms with Gasteiger partial charge in [-0.05, 0) is 43.6 Å². The fraction of sp³-hybridized carbons (Fsp3) is 0.571. The summed E-state index contributed by atoms with van der Waals surface area (Å²) in [5.41, 5.74) is 6.97. The van der Waals surface area contributed by atoms with E-state index in [1.165, 1.54) is 0 Å². The van der Waals surface area contributed by atoms with Crippen LogP contribution in [0.15, 0.2) is 29.2 Å². The number of aliphatic hydroxyl groups is 1. The van der Waals surface area contributed by atoms with E-state index in [1.807, 2.05) is 12.1 Å². The van der Waals surface area contributed by atoms with Gasteiger partial charge in [0.05, 0.1) is 11.5 Å². The first kappa shape index (κ1) is 16.4. The molecule has 21 heavy (non-hydrogen) atoms. The SMILES string of the molecule is NC1CCN(Cc2ccc(S(=O)(=O)NCCO)cc2)CC1. The van der Waals surface area contributed by atoms with Crippen LogP contribution in [-0.2, 0) is 16.6 Å². The van der Waals surface area contributed by atoms with E-state index in [9.17, 15) is 8.42 Å². The molecule has 118 valence electrons. The van der Waals surface area contributed by atoms with Crippen molar-refractivity contribution in [2.24, 2.45) is 5.73 Å². The monoisotopic (exact) mass is 313 g/mol. The van der Waals surface area contributed by atoms with Crippen LogP contribution in [0.1, 0.15) is 18.4 Å². The summed E-state index contributed by atoms with van der Waals surface area (Å²) in [6.07, 6.45) is 2.02. The van der Waals surface area contributed by atoms with Crippen molar-refractivity contribution in [2.75, 3.05) is 26.2 Å². The second kappa shape index (κ2) is 7.33. The lowest BCUT2D eigenvalue weighted by molar-refractivity contribution is 0.205. The summed E-state index contributed by atoms with van der Waals surface area (Å²) in [6.45, 7) is 2.60. The minimum absolute atomic E-state index is 0.0259. The first-order valence-electron chi connectivity index (χ1n) is 7.18. The minimum Gasteiger partial charge on any atom is -0.395 e. The molecule has 1 aliphatic heterocycles. The molecule has 2 rings (SSSR count). The van der Waals surface area contributed by atoms with Gasteiger partial charge in [0.1, 0.15) is 0 Å². The van der Waals surface area contributed by atoms with E-state index < -0.39 is 10.0 Å². The smallest absolute Gasteiger partial charge is 0.240 e. The molecule has 0 amide bonds. The van der Waals surface area contributed by atoms with Crippen molar-refractivity contribution in [3.05, 3.63) is 29.8 Å². The molecule has 0 radical (unpaired) electrons. The highest BCUT2D eigenvalue weighted by Crippen LogP contribution is 2.15. The molecule has 0 aromatic heterocycles. The topological polar surface area (TPSA) is 95.7 Å². The Morgan fingerprint density at radius 2 is 1.86 bits per heavy atom. The highest BCUT2D eigenvalue weighted by molar-refractivity contribution is 7.89. The van der Waals surface area contributed by atoms with Crippen molar-refractivity contribution in [3.8, 4) is 0 Å². The molecule has 0 bridgehead atoms. The van der Waals surface area contributed by atoms with Crippen LogP contribution in [-0.4, -0.2) is 50.7 Å². The Hall–Kier alpha value is -0.990. The van der Waals surface area contributed by atoms with E-state index in [2.05, 4.69) is 9.62 Å². The van der Waals surface area contributed by atoms with Gasteiger partial charge in [-0.2, -0.15) is 0 Å². The number of rotatable bonds is 6. The van der Waals surface area contributed by atoms with Gasteiger partial charge in [0.25, 0.3) is 0 Å². The predicted molar refractivity (Wildman–Crippen MR) is 81.2 cm³/mol. The van der Waals surface area contributed by atoms with Crippen molar-refractivity contribution in [1.82, 2.24) is 9.62 Å². The molecule has 0 unspecified atom stereocenters. The summed E-state index contributed by atoms with van der Waals surface area (Å²) in [6, 6.07) is 7.19. The van der Waals surface area contributed by atoms with Crippen LogP contribution in [0.5, 0.6) is 0 Å². The summed E-state index contributed by atoms with van der Waals surface area (Å²) in [7, 11) is -3.52. The summed E-state index contributed by atoms with van der Waals surface area (Å²) >= 11 is 0. The van der Waals surface area contributed by atoms with Gasteiger partial charge in [0.15, 0.2) is 0 Å². The van der Waals surface area contributed by atoms with E-state index in [0.29, 0.717) is 6.04 Å². The molecule has 1 aliphatic rings. The maximum absolute atomic E-state index is 11.9. The number of hydrogen-bond donors (Lipinski definition) is 3. The zero-order chi connectivity index (χ0) is 15.3. The third-order valence-electron chi connectivity index (χ3n) is 3.68. The van der Waals surface area contributed by atoms with Crippen LogP contribution in [0.25, 0.3) is 0 Å². The molecular weight excluding hydrogens is 290 g/mol. The third-order valence-corrected chi connectivity index (χ3v) is 5.15. The Morgan fingerprint density at radius 1 is 1.24 bits per heavy atom. The maximum Gasteiger partial charge on any atom is 0.240 e. The summed E-state index contributed by atoms with van der Waals surface area (Å²) in [5.74, 6) is 0. The van der Waals surface area contributed by atoms with Gasteiger partial charge >= 0.3 is 0 Å². The predicted octanol–water partition coefficient (Wildman–Crippen LogP) is -0.120. The standard InChI is InChI=1S/C14H23N3O3S/c15-13-5-8-17(9-6-13)11-12-1-3-14(4-2-12)21(19,20)16-7-10-18/h1-4,13,16,18H,5-11,15H2. The largest absolute Gasteiger partial charge is 0.395 e. The molecule has 4 N–H and O–H groups in total. The van der Waals surface area contributed by atoms with Crippen LogP contribution in [0.3, 0.4) is 0 Å². The molecule has 0 atom stereocenters. The molecular formula is C14H23N3O3S. The summed E-state index contributed by atoms with van der Waals surface area (Å²) in [4.78, 5) is 2.55. The number of benzene rings is 1. The molecule has 0 aliphatic carbocycles. The first-order valence-corrected chi connectivity index (χ1v) is 8.67. The van der Waals surface area contributed by atoms with Crippen molar-refractivity contribution < 1.29 is 13.5 Å². The Labute approximate surface area is 126 Å². The second-order valence-electron chi connectivity index (χ2n) is 5.38. The molecule has 7 heteroatoms. The number of sulfonamides is 1. The van der Waals surface area contributed by atoms with Crippen LogP contribution in [0.4, 0.5) is 0 Å². The van der Waals surface area contributed by atoms with Crippen molar-refractivity contribution in [1.29, 1.82) is 0 Å². The zero-order valence-corrected chi connectivity index (χ0v) is 12.8. The molecule has 0 saturated carbocycles. The Bertz CT molecular complexity index is 537. The Balaban J connectivity index is 1.96. The second-order valence-corrected chi connectivity index (χ2v) is 7.15.